The molecule has 10 heteroatoms. The van der Waals surface area contributed by atoms with E-state index in [9.17, 15) is 14.4 Å². The third-order valence-electron chi connectivity index (χ3n) is 3.97. The summed E-state index contributed by atoms with van der Waals surface area (Å²) in [6.45, 7) is 2.53. The van der Waals surface area contributed by atoms with E-state index < -0.39 is 5.25 Å². The highest BCUT2D eigenvalue weighted by Gasteiger charge is 2.30. The van der Waals surface area contributed by atoms with Crippen molar-refractivity contribution < 1.29 is 9.59 Å². The lowest BCUT2D eigenvalue weighted by atomic mass is 10.2. The van der Waals surface area contributed by atoms with Gasteiger partial charge in [-0.05, 0) is 18.4 Å². The number of fused-ring (bicyclic) bond motifs is 1. The standard InChI is InChI=1S/C16H14N4O3S3/c1-8(14(22)20-5-4-17-16(20)23)26-15-18-12(21)11-9(7-25-13(11)19-15)10-3-2-6-24-10/h2-3,6-8H,4-5H2,1H3,(H,17,23)(H,18,19,21)/t8-/m1/s1. The van der Waals surface area contributed by atoms with Crippen LogP contribution in [0.1, 0.15) is 6.92 Å². The first-order chi connectivity index (χ1) is 12.5. The molecule has 0 unspecified atom stereocenters. The van der Waals surface area contributed by atoms with Crippen LogP contribution in [-0.4, -0.2) is 45.1 Å². The summed E-state index contributed by atoms with van der Waals surface area (Å²) in [5.74, 6) is -0.293. The summed E-state index contributed by atoms with van der Waals surface area (Å²) in [5.41, 5.74) is 0.656. The van der Waals surface area contributed by atoms with Gasteiger partial charge < -0.3 is 10.3 Å². The number of thioether (sulfide) groups is 1. The Morgan fingerprint density at radius 2 is 2.23 bits per heavy atom. The van der Waals surface area contributed by atoms with Crippen LogP contribution in [0.5, 0.6) is 0 Å². The van der Waals surface area contributed by atoms with Crippen molar-refractivity contribution in [2.24, 2.45) is 0 Å². The number of hydrogen-bond acceptors (Lipinski definition) is 7. The van der Waals surface area contributed by atoms with Crippen molar-refractivity contribution in [2.75, 3.05) is 13.1 Å². The number of amides is 3. The van der Waals surface area contributed by atoms with E-state index in [2.05, 4.69) is 15.3 Å². The molecule has 0 spiro atoms. The number of imide groups is 1. The first-order valence-corrected chi connectivity index (χ1v) is 10.5. The molecule has 3 amide bonds. The molecule has 2 N–H and O–H groups in total. The molecule has 0 radical (unpaired) electrons. The van der Waals surface area contributed by atoms with Crippen molar-refractivity contribution in [1.29, 1.82) is 0 Å². The molecule has 1 saturated heterocycles. The minimum absolute atomic E-state index is 0.222. The largest absolute Gasteiger partial charge is 0.336 e. The second kappa shape index (κ2) is 6.86. The molecule has 1 atom stereocenters. The Kier molecular flexibility index (Phi) is 4.55. The van der Waals surface area contributed by atoms with E-state index >= 15 is 0 Å². The predicted octanol–water partition coefficient (Wildman–Crippen LogP) is 2.75. The molecular formula is C16H14N4O3S3. The SMILES string of the molecule is C[C@@H](Sc1nc2scc(-c3cccs3)c2c(=O)[nH]1)C(=O)N1CCNC1=O. The first kappa shape index (κ1) is 17.3. The van der Waals surface area contributed by atoms with Crippen molar-refractivity contribution in [3.63, 3.8) is 0 Å². The first-order valence-electron chi connectivity index (χ1n) is 7.86. The average molecular weight is 407 g/mol. The van der Waals surface area contributed by atoms with Gasteiger partial charge in [-0.1, -0.05) is 17.8 Å². The molecule has 7 nitrogen and oxygen atoms in total. The Balaban J connectivity index is 1.61. The highest BCUT2D eigenvalue weighted by Crippen LogP contribution is 2.34. The Hall–Kier alpha value is -2.17. The lowest BCUT2D eigenvalue weighted by molar-refractivity contribution is -0.126. The minimum atomic E-state index is -0.531. The van der Waals surface area contributed by atoms with Crippen LogP contribution in [0, 0.1) is 0 Å². The smallest absolute Gasteiger partial charge is 0.324 e. The maximum atomic E-state index is 12.6. The van der Waals surface area contributed by atoms with Crippen LogP contribution in [0.25, 0.3) is 20.7 Å². The molecule has 3 aromatic heterocycles. The minimum Gasteiger partial charge on any atom is -0.336 e. The number of thiophene rings is 2. The van der Waals surface area contributed by atoms with Gasteiger partial charge in [-0.15, -0.1) is 22.7 Å². The number of aromatic amines is 1. The monoisotopic (exact) mass is 406 g/mol. The molecule has 0 aliphatic carbocycles. The van der Waals surface area contributed by atoms with E-state index in [1.54, 1.807) is 18.3 Å². The van der Waals surface area contributed by atoms with E-state index in [1.165, 1.54) is 16.2 Å². The second-order valence-corrected chi connectivity index (χ2v) is 8.80. The van der Waals surface area contributed by atoms with Crippen LogP contribution < -0.4 is 10.9 Å². The van der Waals surface area contributed by atoms with E-state index in [0.29, 0.717) is 28.5 Å². The van der Waals surface area contributed by atoms with Gasteiger partial charge in [0.05, 0.1) is 10.6 Å². The zero-order chi connectivity index (χ0) is 18.3. The summed E-state index contributed by atoms with van der Waals surface area (Å²) in [6.07, 6.45) is 0. The van der Waals surface area contributed by atoms with Gasteiger partial charge in [0, 0.05) is 28.9 Å². The van der Waals surface area contributed by atoms with Gasteiger partial charge in [-0.25, -0.2) is 9.78 Å². The molecule has 0 aromatic carbocycles. The molecule has 0 saturated carbocycles. The number of H-pyrrole nitrogens is 1. The summed E-state index contributed by atoms with van der Waals surface area (Å²) < 4.78 is 0. The summed E-state index contributed by atoms with van der Waals surface area (Å²) in [5, 5.41) is 6.91. The topological polar surface area (TPSA) is 95.2 Å². The van der Waals surface area contributed by atoms with Crippen LogP contribution in [0.15, 0.2) is 32.8 Å². The quantitative estimate of drug-likeness (QED) is 0.513. The third-order valence-corrected chi connectivity index (χ3v) is 6.72. The number of nitrogens with one attached hydrogen (secondary N) is 2. The fourth-order valence-electron chi connectivity index (χ4n) is 2.72. The van der Waals surface area contributed by atoms with Crippen LogP contribution in [-0.2, 0) is 4.79 Å². The molecule has 1 fully saturated rings. The van der Waals surface area contributed by atoms with E-state index in [4.69, 9.17) is 0 Å². The van der Waals surface area contributed by atoms with Crippen molar-refractivity contribution in [1.82, 2.24) is 20.2 Å². The number of urea groups is 1. The average Bonchev–Trinajstić information content (AvgIpc) is 3.33. The van der Waals surface area contributed by atoms with E-state index in [0.717, 1.165) is 22.2 Å². The molecule has 1 aliphatic heterocycles. The Bertz CT molecular complexity index is 1040. The van der Waals surface area contributed by atoms with Crippen LogP contribution >= 0.6 is 34.4 Å². The highest BCUT2D eigenvalue weighted by molar-refractivity contribution is 8.00. The third kappa shape index (κ3) is 3.04. The molecule has 4 rings (SSSR count). The second-order valence-electron chi connectivity index (χ2n) is 5.66. The van der Waals surface area contributed by atoms with Gasteiger partial charge in [0.2, 0.25) is 5.91 Å². The Morgan fingerprint density at radius 3 is 2.92 bits per heavy atom. The summed E-state index contributed by atoms with van der Waals surface area (Å²) in [4.78, 5) is 46.7. The molecule has 0 bridgehead atoms. The number of carbonyl (C=O) groups excluding carboxylic acids is 2. The van der Waals surface area contributed by atoms with Crippen molar-refractivity contribution in [2.45, 2.75) is 17.3 Å². The van der Waals surface area contributed by atoms with Crippen molar-refractivity contribution in [3.05, 3.63) is 33.2 Å². The van der Waals surface area contributed by atoms with Gasteiger partial charge in [0.15, 0.2) is 5.16 Å². The molecular weight excluding hydrogens is 392 g/mol. The maximum absolute atomic E-state index is 12.6. The van der Waals surface area contributed by atoms with Crippen molar-refractivity contribution in [3.8, 4) is 10.4 Å². The van der Waals surface area contributed by atoms with Gasteiger partial charge in [-0.3, -0.25) is 14.5 Å². The van der Waals surface area contributed by atoms with Gasteiger partial charge in [0.25, 0.3) is 5.56 Å². The number of hydrogen-bond donors (Lipinski definition) is 2. The van der Waals surface area contributed by atoms with Crippen LogP contribution in [0.4, 0.5) is 4.79 Å². The Morgan fingerprint density at radius 1 is 1.38 bits per heavy atom. The van der Waals surface area contributed by atoms with Gasteiger partial charge in [0.1, 0.15) is 4.83 Å². The predicted molar refractivity (Wildman–Crippen MR) is 104 cm³/mol. The maximum Gasteiger partial charge on any atom is 0.324 e. The number of carbonyl (C=O) groups is 2. The summed E-state index contributed by atoms with van der Waals surface area (Å²) >= 11 is 4.12. The lowest BCUT2D eigenvalue weighted by Gasteiger charge is -2.16. The fourth-order valence-corrected chi connectivity index (χ4v) is 5.40. The zero-order valence-corrected chi connectivity index (χ0v) is 16.1. The fraction of sp³-hybridized carbons (Fsp3) is 0.250. The van der Waals surface area contributed by atoms with Crippen molar-refractivity contribution >= 4 is 56.6 Å². The molecule has 134 valence electrons. The number of aromatic nitrogens is 2. The molecule has 1 aliphatic rings. The van der Waals surface area contributed by atoms with Gasteiger partial charge in [-0.2, -0.15) is 0 Å². The van der Waals surface area contributed by atoms with Crippen LogP contribution in [0.2, 0.25) is 0 Å². The molecule has 3 aromatic rings. The normalized spacial score (nSPS) is 15.4. The highest BCUT2D eigenvalue weighted by atomic mass is 32.2. The zero-order valence-electron chi connectivity index (χ0n) is 13.6. The van der Waals surface area contributed by atoms with Crippen LogP contribution in [0.3, 0.4) is 0 Å². The number of rotatable bonds is 4. The lowest BCUT2D eigenvalue weighted by Crippen LogP contribution is -2.39. The Labute approximate surface area is 160 Å². The summed E-state index contributed by atoms with van der Waals surface area (Å²) in [7, 11) is 0. The van der Waals surface area contributed by atoms with E-state index in [1.807, 2.05) is 22.9 Å². The molecule has 26 heavy (non-hydrogen) atoms. The van der Waals surface area contributed by atoms with Gasteiger partial charge >= 0.3 is 6.03 Å². The molecule has 4 heterocycles. The summed E-state index contributed by atoms with van der Waals surface area (Å²) in [6, 6.07) is 3.53. The van der Waals surface area contributed by atoms with E-state index in [-0.39, 0.29) is 17.5 Å². The number of nitrogens with zero attached hydrogens (tertiary/aromatic N) is 2.